The van der Waals surface area contributed by atoms with Crippen LogP contribution in [0.4, 0.5) is 14.9 Å². The van der Waals surface area contributed by atoms with Gasteiger partial charge in [0.05, 0.1) is 23.9 Å². The lowest BCUT2D eigenvalue weighted by atomic mass is 10.0. The van der Waals surface area contributed by atoms with E-state index >= 15 is 0 Å². The van der Waals surface area contributed by atoms with Gasteiger partial charge in [0.15, 0.2) is 0 Å². The van der Waals surface area contributed by atoms with Gasteiger partial charge in [-0.3, -0.25) is 4.90 Å². The Labute approximate surface area is 166 Å². The molecule has 0 radical (unpaired) electrons. The molecular weight excluding hydrogens is 387 g/mol. The van der Waals surface area contributed by atoms with Gasteiger partial charge in [0, 0.05) is 17.8 Å². The SMILES string of the molecule is O=C1OC[C@@H](COc2ccc(Cl)cn2)N1c1ccc(C2=CCOCC2)c(F)c1. The number of amides is 1. The van der Waals surface area contributed by atoms with Crippen LogP contribution in [0.25, 0.3) is 5.57 Å². The third kappa shape index (κ3) is 3.95. The Morgan fingerprint density at radius 3 is 2.93 bits per heavy atom. The number of benzene rings is 1. The van der Waals surface area contributed by atoms with Crippen LogP contribution in [-0.2, 0) is 9.47 Å². The van der Waals surface area contributed by atoms with Crippen molar-refractivity contribution in [1.29, 1.82) is 0 Å². The lowest BCUT2D eigenvalue weighted by Gasteiger charge is -2.22. The molecule has 2 aliphatic heterocycles. The Kier molecular flexibility index (Phi) is 5.45. The van der Waals surface area contributed by atoms with Crippen molar-refractivity contribution in [1.82, 2.24) is 4.98 Å². The molecule has 0 aliphatic carbocycles. The lowest BCUT2D eigenvalue weighted by Crippen LogP contribution is -2.38. The molecule has 146 valence electrons. The smallest absolute Gasteiger partial charge is 0.414 e. The molecule has 2 aliphatic rings. The van der Waals surface area contributed by atoms with Crippen LogP contribution in [0.2, 0.25) is 5.02 Å². The van der Waals surface area contributed by atoms with Gasteiger partial charge in [-0.2, -0.15) is 0 Å². The Balaban J connectivity index is 1.50. The van der Waals surface area contributed by atoms with Crippen LogP contribution in [0.15, 0.2) is 42.6 Å². The molecule has 8 heteroatoms. The van der Waals surface area contributed by atoms with E-state index in [4.69, 9.17) is 25.8 Å². The molecule has 0 saturated carbocycles. The number of halogens is 2. The maximum absolute atomic E-state index is 14.7. The number of aromatic nitrogens is 1. The van der Waals surface area contributed by atoms with Crippen molar-refractivity contribution in [2.24, 2.45) is 0 Å². The number of nitrogens with zero attached hydrogens (tertiary/aromatic N) is 2. The molecule has 1 saturated heterocycles. The Hall–Kier alpha value is -2.64. The van der Waals surface area contributed by atoms with Gasteiger partial charge in [-0.1, -0.05) is 17.7 Å². The van der Waals surface area contributed by atoms with E-state index in [1.54, 1.807) is 24.3 Å². The first kappa shape index (κ1) is 18.7. The maximum Gasteiger partial charge on any atom is 0.414 e. The van der Waals surface area contributed by atoms with E-state index in [9.17, 15) is 9.18 Å². The molecule has 1 atom stereocenters. The summed E-state index contributed by atoms with van der Waals surface area (Å²) in [6.07, 6.45) is 3.48. The van der Waals surface area contributed by atoms with Gasteiger partial charge in [-0.05, 0) is 36.3 Å². The zero-order chi connectivity index (χ0) is 19.5. The average Bonchev–Trinajstić information content (AvgIpc) is 3.08. The summed E-state index contributed by atoms with van der Waals surface area (Å²) in [7, 11) is 0. The number of carbonyl (C=O) groups excluding carboxylic acids is 1. The first-order valence-corrected chi connectivity index (χ1v) is 9.26. The molecule has 1 amide bonds. The van der Waals surface area contributed by atoms with E-state index in [-0.39, 0.29) is 19.0 Å². The molecule has 0 N–H and O–H groups in total. The topological polar surface area (TPSA) is 60.9 Å². The zero-order valence-electron chi connectivity index (χ0n) is 14.9. The molecule has 3 heterocycles. The number of carbonyl (C=O) groups is 1. The lowest BCUT2D eigenvalue weighted by molar-refractivity contribution is 0.161. The van der Waals surface area contributed by atoms with Crippen molar-refractivity contribution in [2.45, 2.75) is 12.5 Å². The fourth-order valence-corrected chi connectivity index (χ4v) is 3.33. The maximum atomic E-state index is 14.7. The molecule has 4 rings (SSSR count). The molecule has 1 aromatic heterocycles. The van der Waals surface area contributed by atoms with Gasteiger partial charge >= 0.3 is 6.09 Å². The molecule has 1 fully saturated rings. The fourth-order valence-electron chi connectivity index (χ4n) is 3.21. The molecule has 0 unspecified atom stereocenters. The second-order valence-corrected chi connectivity index (χ2v) is 6.88. The van der Waals surface area contributed by atoms with E-state index in [0.29, 0.717) is 41.8 Å². The monoisotopic (exact) mass is 404 g/mol. The van der Waals surface area contributed by atoms with Crippen LogP contribution in [0.1, 0.15) is 12.0 Å². The van der Waals surface area contributed by atoms with Crippen molar-refractivity contribution in [3.05, 3.63) is 59.0 Å². The standard InChI is InChI=1S/C20H18ClFN2O4/c21-14-1-4-19(23-10-14)27-11-16-12-28-20(25)24(16)15-2-3-17(18(22)9-15)13-5-7-26-8-6-13/h1-5,9-10,16H,6-8,11-12H2/t16-/m1/s1. The Bertz CT molecular complexity index is 904. The van der Waals surface area contributed by atoms with E-state index in [1.807, 2.05) is 6.08 Å². The van der Waals surface area contributed by atoms with E-state index in [1.165, 1.54) is 17.2 Å². The molecule has 28 heavy (non-hydrogen) atoms. The third-order valence-electron chi connectivity index (χ3n) is 4.63. The number of anilines is 1. The van der Waals surface area contributed by atoms with Gasteiger partial charge in [-0.25, -0.2) is 14.2 Å². The van der Waals surface area contributed by atoms with Crippen LogP contribution in [0.3, 0.4) is 0 Å². The van der Waals surface area contributed by atoms with Crippen molar-refractivity contribution in [2.75, 3.05) is 31.3 Å². The number of cyclic esters (lactones) is 1. The minimum absolute atomic E-state index is 0.151. The van der Waals surface area contributed by atoms with Gasteiger partial charge in [0.1, 0.15) is 25.1 Å². The highest BCUT2D eigenvalue weighted by atomic mass is 35.5. The molecule has 0 spiro atoms. The second-order valence-electron chi connectivity index (χ2n) is 6.44. The van der Waals surface area contributed by atoms with Gasteiger partial charge in [-0.15, -0.1) is 0 Å². The fraction of sp³-hybridized carbons (Fsp3) is 0.300. The summed E-state index contributed by atoms with van der Waals surface area (Å²) in [5.74, 6) is 0.000989. The molecule has 6 nitrogen and oxygen atoms in total. The van der Waals surface area contributed by atoms with Crippen molar-refractivity contribution < 1.29 is 23.4 Å². The Morgan fingerprint density at radius 2 is 2.21 bits per heavy atom. The van der Waals surface area contributed by atoms with Gasteiger partial charge in [0.2, 0.25) is 5.88 Å². The average molecular weight is 405 g/mol. The minimum atomic E-state index is -0.532. The number of ether oxygens (including phenoxy) is 3. The summed E-state index contributed by atoms with van der Waals surface area (Å²) < 4.78 is 30.8. The summed E-state index contributed by atoms with van der Waals surface area (Å²) in [4.78, 5) is 17.7. The molecule has 2 aromatic rings. The van der Waals surface area contributed by atoms with Crippen molar-refractivity contribution >= 4 is 29.0 Å². The molecule has 0 bridgehead atoms. The first-order valence-electron chi connectivity index (χ1n) is 8.89. The van der Waals surface area contributed by atoms with E-state index in [2.05, 4.69) is 4.98 Å². The van der Waals surface area contributed by atoms with E-state index < -0.39 is 12.1 Å². The highest BCUT2D eigenvalue weighted by Crippen LogP contribution is 2.30. The number of pyridine rings is 1. The number of rotatable bonds is 5. The molecular formula is C20H18ClFN2O4. The third-order valence-corrected chi connectivity index (χ3v) is 4.85. The molecule has 1 aromatic carbocycles. The quantitative estimate of drug-likeness (QED) is 0.751. The van der Waals surface area contributed by atoms with E-state index in [0.717, 1.165) is 5.57 Å². The van der Waals surface area contributed by atoms with Crippen molar-refractivity contribution in [3.63, 3.8) is 0 Å². The van der Waals surface area contributed by atoms with Crippen LogP contribution in [0, 0.1) is 5.82 Å². The summed E-state index contributed by atoms with van der Waals surface area (Å²) in [6, 6.07) is 7.67. The summed E-state index contributed by atoms with van der Waals surface area (Å²) >= 11 is 5.81. The largest absolute Gasteiger partial charge is 0.475 e. The highest BCUT2D eigenvalue weighted by Gasteiger charge is 2.35. The highest BCUT2D eigenvalue weighted by molar-refractivity contribution is 6.30. The second kappa shape index (κ2) is 8.16. The van der Waals surface area contributed by atoms with Crippen LogP contribution < -0.4 is 9.64 Å². The summed E-state index contributed by atoms with van der Waals surface area (Å²) in [6.45, 7) is 1.36. The summed E-state index contributed by atoms with van der Waals surface area (Å²) in [5.41, 5.74) is 1.86. The minimum Gasteiger partial charge on any atom is -0.475 e. The first-order chi connectivity index (χ1) is 13.6. The number of hydrogen-bond donors (Lipinski definition) is 0. The van der Waals surface area contributed by atoms with Gasteiger partial charge in [0.25, 0.3) is 0 Å². The van der Waals surface area contributed by atoms with Crippen LogP contribution >= 0.6 is 11.6 Å². The zero-order valence-corrected chi connectivity index (χ0v) is 15.7. The van der Waals surface area contributed by atoms with Crippen LogP contribution in [0.5, 0.6) is 5.88 Å². The predicted molar refractivity (Wildman–Crippen MR) is 102 cm³/mol. The van der Waals surface area contributed by atoms with Crippen molar-refractivity contribution in [3.8, 4) is 5.88 Å². The predicted octanol–water partition coefficient (Wildman–Crippen LogP) is 4.08. The normalized spacial score (nSPS) is 19.4. The number of hydrogen-bond acceptors (Lipinski definition) is 5. The van der Waals surface area contributed by atoms with Crippen LogP contribution in [-0.4, -0.2) is 43.5 Å². The Morgan fingerprint density at radius 1 is 1.32 bits per heavy atom. The summed E-state index contributed by atoms with van der Waals surface area (Å²) in [5, 5.41) is 0.503. The van der Waals surface area contributed by atoms with Gasteiger partial charge < -0.3 is 14.2 Å².